The maximum absolute atomic E-state index is 14.1. The van der Waals surface area contributed by atoms with Crippen molar-refractivity contribution in [2.45, 2.75) is 20.3 Å². The number of carbonyl (C=O) groups is 1. The molecule has 158 valence electrons. The largest absolute Gasteiger partial charge is 0.483 e. The van der Waals surface area contributed by atoms with Crippen LogP contribution in [0.2, 0.25) is 0 Å². The van der Waals surface area contributed by atoms with E-state index in [0.29, 0.717) is 24.2 Å². The van der Waals surface area contributed by atoms with Crippen LogP contribution in [-0.4, -0.2) is 24.0 Å². The molecule has 4 rings (SSSR count). The third-order valence-electron chi connectivity index (χ3n) is 5.46. The first-order chi connectivity index (χ1) is 15.0. The summed E-state index contributed by atoms with van der Waals surface area (Å²) < 4.78 is 19.9. The highest BCUT2D eigenvalue weighted by Gasteiger charge is 2.14. The summed E-state index contributed by atoms with van der Waals surface area (Å²) in [5.41, 5.74) is 5.48. The van der Waals surface area contributed by atoms with Crippen LogP contribution in [0.1, 0.15) is 16.8 Å². The fraction of sp³-hybridized carbons (Fsp3) is 0.192. The first-order valence-electron chi connectivity index (χ1n) is 10.3. The second-order valence-electron chi connectivity index (χ2n) is 7.59. The van der Waals surface area contributed by atoms with Gasteiger partial charge in [0.2, 0.25) is 0 Å². The van der Waals surface area contributed by atoms with E-state index in [2.05, 4.69) is 10.3 Å². The summed E-state index contributed by atoms with van der Waals surface area (Å²) in [6.45, 7) is 4.28. The number of benzene rings is 3. The van der Waals surface area contributed by atoms with Crippen LogP contribution in [0.15, 0.2) is 66.7 Å². The normalized spacial score (nSPS) is 10.9. The van der Waals surface area contributed by atoms with E-state index in [4.69, 9.17) is 4.74 Å². The number of para-hydroxylation sites is 1. The van der Waals surface area contributed by atoms with Crippen LogP contribution < -0.4 is 10.1 Å². The molecule has 0 atom stereocenters. The maximum atomic E-state index is 14.1. The SMILES string of the molecule is Cc1[nH]c2c(F)ccc(C)c2c1CCNC(=O)COc1ccccc1-c1ccccc1. The Labute approximate surface area is 181 Å². The van der Waals surface area contributed by atoms with Crippen molar-refractivity contribution >= 4 is 16.8 Å². The Balaban J connectivity index is 1.37. The zero-order chi connectivity index (χ0) is 21.8. The van der Waals surface area contributed by atoms with Gasteiger partial charge in [-0.15, -0.1) is 0 Å². The number of aromatic nitrogens is 1. The van der Waals surface area contributed by atoms with E-state index in [1.165, 1.54) is 6.07 Å². The van der Waals surface area contributed by atoms with Crippen LogP contribution in [0.4, 0.5) is 4.39 Å². The Morgan fingerprint density at radius 3 is 2.55 bits per heavy atom. The van der Waals surface area contributed by atoms with Crippen molar-refractivity contribution in [2.24, 2.45) is 0 Å². The highest BCUT2D eigenvalue weighted by Crippen LogP contribution is 2.30. The first-order valence-corrected chi connectivity index (χ1v) is 10.3. The molecular formula is C26H25FN2O2. The molecule has 0 saturated heterocycles. The minimum absolute atomic E-state index is 0.0651. The number of halogens is 1. The molecule has 0 aliphatic carbocycles. The Hall–Kier alpha value is -3.60. The van der Waals surface area contributed by atoms with Crippen molar-refractivity contribution in [1.29, 1.82) is 0 Å². The standard InChI is InChI=1S/C26H25FN2O2/c1-17-12-13-22(27)26-25(17)20(18(2)29-26)14-15-28-24(30)16-31-23-11-7-6-10-21(23)19-8-4-3-5-9-19/h3-13,29H,14-16H2,1-2H3,(H,28,30). The molecular weight excluding hydrogens is 391 g/mol. The highest BCUT2D eigenvalue weighted by atomic mass is 19.1. The summed E-state index contributed by atoms with van der Waals surface area (Å²) in [5.74, 6) is 0.218. The molecule has 1 heterocycles. The molecule has 0 aliphatic heterocycles. The van der Waals surface area contributed by atoms with Crippen molar-refractivity contribution in [2.75, 3.05) is 13.2 Å². The number of ether oxygens (including phenoxy) is 1. The molecule has 5 heteroatoms. The number of carbonyl (C=O) groups excluding carboxylic acids is 1. The molecule has 0 saturated carbocycles. The van der Waals surface area contributed by atoms with Crippen LogP contribution in [0, 0.1) is 19.7 Å². The predicted octanol–water partition coefficient (Wildman–Crippen LogP) is 5.33. The summed E-state index contributed by atoms with van der Waals surface area (Å²) in [7, 11) is 0. The van der Waals surface area contributed by atoms with Gasteiger partial charge in [0.1, 0.15) is 11.6 Å². The zero-order valence-electron chi connectivity index (χ0n) is 17.7. The minimum atomic E-state index is -0.260. The molecule has 2 N–H and O–H groups in total. The number of amides is 1. The summed E-state index contributed by atoms with van der Waals surface area (Å²) in [6, 6.07) is 20.9. The van der Waals surface area contributed by atoms with Crippen LogP contribution >= 0.6 is 0 Å². The van der Waals surface area contributed by atoms with Crippen molar-refractivity contribution in [3.05, 3.63) is 89.4 Å². The number of hydrogen-bond acceptors (Lipinski definition) is 2. The van der Waals surface area contributed by atoms with Crippen LogP contribution in [0.25, 0.3) is 22.0 Å². The molecule has 4 nitrogen and oxygen atoms in total. The average molecular weight is 416 g/mol. The molecule has 0 spiro atoms. The second-order valence-corrected chi connectivity index (χ2v) is 7.59. The second kappa shape index (κ2) is 9.04. The Bertz CT molecular complexity index is 1220. The van der Waals surface area contributed by atoms with Gasteiger partial charge < -0.3 is 15.0 Å². The van der Waals surface area contributed by atoms with Crippen molar-refractivity contribution < 1.29 is 13.9 Å². The van der Waals surface area contributed by atoms with Crippen molar-refractivity contribution in [3.8, 4) is 16.9 Å². The molecule has 0 aliphatic rings. The van der Waals surface area contributed by atoms with Gasteiger partial charge in [0.25, 0.3) is 5.91 Å². The third kappa shape index (κ3) is 4.45. The van der Waals surface area contributed by atoms with E-state index in [9.17, 15) is 9.18 Å². The predicted molar refractivity (Wildman–Crippen MR) is 122 cm³/mol. The van der Waals surface area contributed by atoms with E-state index in [0.717, 1.165) is 33.3 Å². The Kier molecular flexibility index (Phi) is 6.03. The molecule has 0 bridgehead atoms. The topological polar surface area (TPSA) is 54.1 Å². The molecule has 0 fully saturated rings. The summed E-state index contributed by atoms with van der Waals surface area (Å²) in [5, 5.41) is 3.81. The lowest BCUT2D eigenvalue weighted by Crippen LogP contribution is -2.30. The number of hydrogen-bond donors (Lipinski definition) is 2. The average Bonchev–Trinajstić information content (AvgIpc) is 3.13. The number of aryl methyl sites for hydroxylation is 2. The number of rotatable bonds is 7. The smallest absolute Gasteiger partial charge is 0.257 e. The van der Waals surface area contributed by atoms with Gasteiger partial charge >= 0.3 is 0 Å². The molecule has 4 aromatic rings. The van der Waals surface area contributed by atoms with Gasteiger partial charge in [-0.1, -0.05) is 54.6 Å². The van der Waals surface area contributed by atoms with E-state index in [1.54, 1.807) is 6.07 Å². The molecule has 1 aromatic heterocycles. The molecule has 1 amide bonds. The van der Waals surface area contributed by atoms with E-state index < -0.39 is 0 Å². The Morgan fingerprint density at radius 1 is 1.00 bits per heavy atom. The molecule has 3 aromatic carbocycles. The lowest BCUT2D eigenvalue weighted by Gasteiger charge is -2.12. The van der Waals surface area contributed by atoms with Gasteiger partial charge in [-0.25, -0.2) is 4.39 Å². The van der Waals surface area contributed by atoms with Crippen LogP contribution in [0.3, 0.4) is 0 Å². The maximum Gasteiger partial charge on any atom is 0.257 e. The van der Waals surface area contributed by atoms with Gasteiger partial charge in [-0.3, -0.25) is 4.79 Å². The highest BCUT2D eigenvalue weighted by molar-refractivity contribution is 5.88. The lowest BCUT2D eigenvalue weighted by atomic mass is 10.0. The first kappa shape index (κ1) is 20.7. The molecule has 0 radical (unpaired) electrons. The summed E-state index contributed by atoms with van der Waals surface area (Å²) >= 11 is 0. The number of fused-ring (bicyclic) bond motifs is 1. The van der Waals surface area contributed by atoms with E-state index in [1.807, 2.05) is 68.4 Å². The fourth-order valence-corrected chi connectivity index (χ4v) is 3.93. The van der Waals surface area contributed by atoms with Crippen LogP contribution in [-0.2, 0) is 11.2 Å². The van der Waals surface area contributed by atoms with Gasteiger partial charge in [-0.2, -0.15) is 0 Å². The fourth-order valence-electron chi connectivity index (χ4n) is 3.93. The molecule has 0 unspecified atom stereocenters. The van der Waals surface area contributed by atoms with Gasteiger partial charge in [0.05, 0.1) is 5.52 Å². The number of aromatic amines is 1. The third-order valence-corrected chi connectivity index (χ3v) is 5.46. The lowest BCUT2D eigenvalue weighted by molar-refractivity contribution is -0.123. The van der Waals surface area contributed by atoms with E-state index >= 15 is 0 Å². The van der Waals surface area contributed by atoms with Gasteiger partial charge in [-0.05, 0) is 49.1 Å². The monoisotopic (exact) mass is 416 g/mol. The minimum Gasteiger partial charge on any atom is -0.483 e. The molecule has 31 heavy (non-hydrogen) atoms. The van der Waals surface area contributed by atoms with Crippen molar-refractivity contribution in [1.82, 2.24) is 10.3 Å². The quantitative estimate of drug-likeness (QED) is 0.428. The van der Waals surface area contributed by atoms with Crippen LogP contribution in [0.5, 0.6) is 5.75 Å². The van der Waals surface area contributed by atoms with Gasteiger partial charge in [0, 0.05) is 23.2 Å². The zero-order valence-corrected chi connectivity index (χ0v) is 17.7. The Morgan fingerprint density at radius 2 is 1.74 bits per heavy atom. The summed E-state index contributed by atoms with van der Waals surface area (Å²) in [4.78, 5) is 15.5. The van der Waals surface area contributed by atoms with Crippen molar-refractivity contribution in [3.63, 3.8) is 0 Å². The van der Waals surface area contributed by atoms with E-state index in [-0.39, 0.29) is 18.3 Å². The van der Waals surface area contributed by atoms with Gasteiger partial charge in [0.15, 0.2) is 6.61 Å². The summed E-state index contributed by atoms with van der Waals surface area (Å²) in [6.07, 6.45) is 0.614. The number of nitrogens with one attached hydrogen (secondary N) is 2. The number of H-pyrrole nitrogens is 1.